The first-order valence-corrected chi connectivity index (χ1v) is 16.6. The van der Waals surface area contributed by atoms with Crippen molar-refractivity contribution >= 4 is 11.8 Å². The van der Waals surface area contributed by atoms with Gasteiger partial charge in [-0.1, -0.05) is 78.7 Å². The molecule has 1 N–H and O–H groups in total. The fraction of sp³-hybridized carbons (Fsp3) is 0.730. The maximum atomic E-state index is 14.0. The molecule has 4 aliphatic carbocycles. The number of carbonyl (C=O) groups is 2. The Labute approximate surface area is 248 Å². The molecule has 1 aromatic rings. The predicted octanol–water partition coefficient (Wildman–Crippen LogP) is 8.29. The van der Waals surface area contributed by atoms with Crippen LogP contribution in [0.25, 0.3) is 0 Å². The molecule has 226 valence electrons. The lowest BCUT2D eigenvalue weighted by atomic mass is 9.46. The summed E-state index contributed by atoms with van der Waals surface area (Å²) in [5.41, 5.74) is 2.03. The van der Waals surface area contributed by atoms with Crippen molar-refractivity contribution in [3.05, 3.63) is 47.5 Å². The van der Waals surface area contributed by atoms with Gasteiger partial charge >= 0.3 is 5.97 Å². The van der Waals surface area contributed by atoms with Crippen LogP contribution in [0, 0.1) is 58.2 Å². The molecule has 0 saturated heterocycles. The van der Waals surface area contributed by atoms with E-state index in [0.29, 0.717) is 35.2 Å². The first kappa shape index (κ1) is 30.5. The molecule has 4 aliphatic rings. The van der Waals surface area contributed by atoms with E-state index in [0.717, 1.165) is 44.9 Å². The van der Waals surface area contributed by atoms with Crippen molar-refractivity contribution < 1.29 is 19.4 Å². The highest BCUT2D eigenvalue weighted by Gasteiger charge is 2.61. The molecule has 4 heteroatoms. The van der Waals surface area contributed by atoms with Crippen molar-refractivity contribution in [3.63, 3.8) is 0 Å². The molecule has 0 radical (unpaired) electrons. The summed E-state index contributed by atoms with van der Waals surface area (Å²) in [5.74, 6) is 2.61. The summed E-state index contributed by atoms with van der Waals surface area (Å²) >= 11 is 0. The molecule has 0 heterocycles. The highest BCUT2D eigenvalue weighted by Crippen LogP contribution is 2.67. The van der Waals surface area contributed by atoms with E-state index < -0.39 is 0 Å². The second-order valence-corrected chi connectivity index (χ2v) is 15.1. The van der Waals surface area contributed by atoms with E-state index in [4.69, 9.17) is 4.74 Å². The van der Waals surface area contributed by atoms with Gasteiger partial charge in [0.25, 0.3) is 0 Å². The van der Waals surface area contributed by atoms with Crippen LogP contribution < -0.4 is 0 Å². The molecule has 41 heavy (non-hydrogen) atoms. The Morgan fingerprint density at radius 1 is 1.00 bits per heavy atom. The van der Waals surface area contributed by atoms with Crippen molar-refractivity contribution in [1.29, 1.82) is 0 Å². The Kier molecular flexibility index (Phi) is 8.65. The average Bonchev–Trinajstić information content (AvgIpc) is 3.30. The molecule has 4 nitrogen and oxygen atoms in total. The zero-order valence-corrected chi connectivity index (χ0v) is 26.6. The summed E-state index contributed by atoms with van der Waals surface area (Å²) in [6, 6.07) is 9.19. The third kappa shape index (κ3) is 5.25. The zero-order chi connectivity index (χ0) is 29.7. The van der Waals surface area contributed by atoms with Gasteiger partial charge in [0.2, 0.25) is 0 Å². The number of hydrogen-bond donors (Lipinski definition) is 1. The van der Waals surface area contributed by atoms with Gasteiger partial charge in [-0.05, 0) is 109 Å². The summed E-state index contributed by atoms with van der Waals surface area (Å²) in [6.07, 6.45) is 9.84. The second-order valence-electron chi connectivity index (χ2n) is 15.1. The Hall–Kier alpha value is -1.94. The van der Waals surface area contributed by atoms with E-state index in [9.17, 15) is 14.7 Å². The Bertz CT molecular complexity index is 1140. The number of ether oxygens (including phenoxy) is 1. The number of benzene rings is 1. The molecule has 11 atom stereocenters. The van der Waals surface area contributed by atoms with Crippen LogP contribution in [0.4, 0.5) is 0 Å². The molecule has 0 bridgehead atoms. The molecular formula is C37H54O4. The van der Waals surface area contributed by atoms with Crippen LogP contribution in [0.3, 0.4) is 0 Å². The molecule has 1 aromatic carbocycles. The fourth-order valence-electron chi connectivity index (χ4n) is 10.4. The maximum Gasteiger partial charge on any atom is 0.338 e. The Morgan fingerprint density at radius 3 is 2.32 bits per heavy atom. The predicted molar refractivity (Wildman–Crippen MR) is 164 cm³/mol. The highest BCUT2D eigenvalue weighted by atomic mass is 16.5. The van der Waals surface area contributed by atoms with Crippen LogP contribution in [-0.2, 0) is 9.53 Å². The number of rotatable bonds is 8. The maximum absolute atomic E-state index is 14.0. The second kappa shape index (κ2) is 11.6. The molecule has 0 aromatic heterocycles. The Morgan fingerprint density at radius 2 is 1.66 bits per heavy atom. The fourth-order valence-corrected chi connectivity index (χ4v) is 10.4. The highest BCUT2D eigenvalue weighted by molar-refractivity contribution is 5.95. The third-order valence-corrected chi connectivity index (χ3v) is 12.9. The molecule has 5 rings (SSSR count). The third-order valence-electron chi connectivity index (χ3n) is 12.9. The van der Waals surface area contributed by atoms with Gasteiger partial charge in [0.1, 0.15) is 6.10 Å². The van der Waals surface area contributed by atoms with Crippen molar-refractivity contribution in [1.82, 2.24) is 0 Å². The minimum absolute atomic E-state index is 0.000938. The standard InChI is InChI=1S/C37H54O4/c1-8-25(22(2)3)20-31(38)23(4)28-14-15-29-27-21-32(39)34-24(5)33(41-35(40)26-12-10-9-11-13-26)17-19-37(34,7)30(27)16-18-36(28,29)6/h9-13,21-25,28-31,33-34,38H,8,14-20H2,1-7H3/t23?,24?,25?,28?,29?,30?,31?,33?,34?,36?,37-/m1/s1. The van der Waals surface area contributed by atoms with Gasteiger partial charge in [-0.25, -0.2) is 4.79 Å². The van der Waals surface area contributed by atoms with Gasteiger partial charge in [-0.15, -0.1) is 0 Å². The summed E-state index contributed by atoms with van der Waals surface area (Å²) in [7, 11) is 0. The number of allylic oxidation sites excluding steroid dienone is 2. The largest absolute Gasteiger partial charge is 0.458 e. The van der Waals surface area contributed by atoms with Crippen molar-refractivity contribution in [2.24, 2.45) is 58.2 Å². The molecule has 3 fully saturated rings. The molecule has 0 amide bonds. The quantitative estimate of drug-likeness (QED) is 0.324. The summed E-state index contributed by atoms with van der Waals surface area (Å²) in [5, 5.41) is 11.4. The van der Waals surface area contributed by atoms with Gasteiger partial charge in [0, 0.05) is 11.8 Å². The minimum Gasteiger partial charge on any atom is -0.458 e. The molecule has 0 spiro atoms. The van der Waals surface area contributed by atoms with Gasteiger partial charge in [0.05, 0.1) is 11.7 Å². The van der Waals surface area contributed by atoms with E-state index in [1.165, 1.54) is 12.0 Å². The summed E-state index contributed by atoms with van der Waals surface area (Å²) < 4.78 is 6.03. The van der Waals surface area contributed by atoms with E-state index in [1.807, 2.05) is 24.3 Å². The zero-order valence-electron chi connectivity index (χ0n) is 26.6. The summed E-state index contributed by atoms with van der Waals surface area (Å²) in [6.45, 7) is 16.1. The van der Waals surface area contributed by atoms with E-state index in [-0.39, 0.29) is 52.5 Å². The van der Waals surface area contributed by atoms with Crippen LogP contribution in [-0.4, -0.2) is 29.1 Å². The first-order chi connectivity index (χ1) is 19.4. The number of ketones is 1. The van der Waals surface area contributed by atoms with Gasteiger partial charge < -0.3 is 9.84 Å². The normalized spacial score (nSPS) is 38.8. The molecule has 10 unspecified atom stereocenters. The van der Waals surface area contributed by atoms with Crippen LogP contribution in [0.5, 0.6) is 0 Å². The molecule has 3 saturated carbocycles. The van der Waals surface area contributed by atoms with E-state index >= 15 is 0 Å². The van der Waals surface area contributed by atoms with Gasteiger partial charge in [-0.3, -0.25) is 4.79 Å². The number of aliphatic hydroxyl groups is 1. The summed E-state index contributed by atoms with van der Waals surface area (Å²) in [4.78, 5) is 26.9. The number of fused-ring (bicyclic) bond motifs is 5. The van der Waals surface area contributed by atoms with Crippen molar-refractivity contribution in [2.45, 2.75) is 112 Å². The number of hydrogen-bond acceptors (Lipinski definition) is 4. The lowest BCUT2D eigenvalue weighted by Crippen LogP contribution is -2.56. The Balaban J connectivity index is 1.34. The van der Waals surface area contributed by atoms with Crippen LogP contribution >= 0.6 is 0 Å². The number of aliphatic hydroxyl groups excluding tert-OH is 1. The smallest absolute Gasteiger partial charge is 0.338 e. The van der Waals surface area contributed by atoms with Crippen LogP contribution in [0.1, 0.15) is 110 Å². The van der Waals surface area contributed by atoms with Crippen LogP contribution in [0.2, 0.25) is 0 Å². The lowest BCUT2D eigenvalue weighted by molar-refractivity contribution is -0.140. The lowest BCUT2D eigenvalue weighted by Gasteiger charge is -2.58. The van der Waals surface area contributed by atoms with E-state index in [1.54, 1.807) is 12.1 Å². The van der Waals surface area contributed by atoms with Crippen LogP contribution in [0.15, 0.2) is 42.0 Å². The van der Waals surface area contributed by atoms with Gasteiger partial charge in [0.15, 0.2) is 5.78 Å². The van der Waals surface area contributed by atoms with Crippen molar-refractivity contribution in [2.75, 3.05) is 0 Å². The number of carbonyl (C=O) groups excluding carboxylic acids is 2. The number of esters is 1. The SMILES string of the molecule is CCC(CC(O)C(C)C1CCC2C3=CC(=O)C4C(C)C(OC(=O)c5ccccc5)CC[C@]4(C)C3CCC21C)C(C)C. The molecule has 0 aliphatic heterocycles. The average molecular weight is 563 g/mol. The minimum atomic E-state index is -0.286. The monoisotopic (exact) mass is 562 g/mol. The topological polar surface area (TPSA) is 63.6 Å². The van der Waals surface area contributed by atoms with Crippen molar-refractivity contribution in [3.8, 4) is 0 Å². The molecular weight excluding hydrogens is 508 g/mol. The first-order valence-electron chi connectivity index (χ1n) is 16.6. The van der Waals surface area contributed by atoms with Gasteiger partial charge in [-0.2, -0.15) is 0 Å². The van der Waals surface area contributed by atoms with E-state index in [2.05, 4.69) is 48.5 Å².